The monoisotopic (exact) mass is 436 g/mol. The van der Waals surface area contributed by atoms with Crippen LogP contribution < -0.4 is 21.1 Å². The van der Waals surface area contributed by atoms with E-state index < -0.39 is 6.09 Å². The number of pyridine rings is 1. The maximum absolute atomic E-state index is 12.8. The number of hydrogen-bond donors (Lipinski definition) is 2. The highest BCUT2D eigenvalue weighted by Gasteiger charge is 2.23. The summed E-state index contributed by atoms with van der Waals surface area (Å²) in [5, 5.41) is 6.21. The van der Waals surface area contributed by atoms with Gasteiger partial charge in [0.15, 0.2) is 0 Å². The van der Waals surface area contributed by atoms with Gasteiger partial charge in [-0.1, -0.05) is 12.1 Å². The maximum atomic E-state index is 12.8. The van der Waals surface area contributed by atoms with Crippen molar-refractivity contribution in [2.75, 3.05) is 49.6 Å². The molecule has 2 fully saturated rings. The Balaban J connectivity index is 1.48. The van der Waals surface area contributed by atoms with Gasteiger partial charge in [-0.25, -0.2) is 14.8 Å². The van der Waals surface area contributed by atoms with Crippen molar-refractivity contribution in [3.8, 4) is 11.3 Å². The molecule has 1 amide bonds. The highest BCUT2D eigenvalue weighted by Crippen LogP contribution is 2.27. The van der Waals surface area contributed by atoms with E-state index in [1.807, 2.05) is 18.2 Å². The fraction of sp³-hybridized carbons (Fsp3) is 0.364. The summed E-state index contributed by atoms with van der Waals surface area (Å²) in [5.74, 6) is 0.423. The number of anilines is 2. The summed E-state index contributed by atoms with van der Waals surface area (Å²) in [6.45, 7) is 3.94. The van der Waals surface area contributed by atoms with Crippen LogP contribution in [-0.2, 0) is 16.5 Å². The van der Waals surface area contributed by atoms with Crippen molar-refractivity contribution in [3.63, 3.8) is 0 Å². The number of amides is 1. The molecule has 0 saturated carbocycles. The topological polar surface area (TPSA) is 111 Å². The number of carbonyl (C=O) groups excluding carboxylic acids is 1. The van der Waals surface area contributed by atoms with Crippen LogP contribution in [0.1, 0.15) is 0 Å². The molecule has 10 heteroatoms. The quantitative estimate of drug-likeness (QED) is 0.617. The Bertz CT molecular complexity index is 1200. The lowest BCUT2D eigenvalue weighted by Crippen LogP contribution is -2.36. The third-order valence-corrected chi connectivity index (χ3v) is 5.69. The number of aryl methyl sites for hydroxylation is 1. The van der Waals surface area contributed by atoms with Crippen LogP contribution in [0, 0.1) is 0 Å². The first-order chi connectivity index (χ1) is 15.6. The summed E-state index contributed by atoms with van der Waals surface area (Å²) >= 11 is 0. The van der Waals surface area contributed by atoms with Gasteiger partial charge < -0.3 is 29.6 Å². The van der Waals surface area contributed by atoms with E-state index in [2.05, 4.69) is 32.7 Å². The number of nitrogens with zero attached hydrogens (tertiary/aromatic N) is 4. The molecule has 3 aromatic rings. The molecule has 0 spiro atoms. The zero-order chi connectivity index (χ0) is 22.1. The summed E-state index contributed by atoms with van der Waals surface area (Å²) in [5.41, 5.74) is 3.12. The number of fused-ring (bicyclic) bond motifs is 1. The summed E-state index contributed by atoms with van der Waals surface area (Å²) in [6.07, 6.45) is 0.722. The largest absolute Gasteiger partial charge is 0.442 e. The summed E-state index contributed by atoms with van der Waals surface area (Å²) in [6, 6.07) is 10.0. The number of alkyl carbamates (subject to hydrolysis) is 1. The smallest absolute Gasteiger partial charge is 0.407 e. The summed E-state index contributed by atoms with van der Waals surface area (Å²) in [4.78, 5) is 35.6. The zero-order valence-electron chi connectivity index (χ0n) is 17.7. The molecule has 10 nitrogen and oxygen atoms in total. The van der Waals surface area contributed by atoms with E-state index in [0.29, 0.717) is 35.5 Å². The van der Waals surface area contributed by atoms with Crippen molar-refractivity contribution >= 4 is 28.5 Å². The van der Waals surface area contributed by atoms with Crippen LogP contribution in [0.25, 0.3) is 22.2 Å². The molecule has 5 rings (SSSR count). The maximum Gasteiger partial charge on any atom is 0.407 e. The molecule has 2 N–H and O–H groups in total. The first kappa shape index (κ1) is 20.3. The molecule has 1 atom stereocenters. The molecule has 2 saturated heterocycles. The SMILES string of the molecule is Cn1cnc2cc(-c3ccc(N4CCOCC4)cc3)nc(NC[C@H]3CNC(=O)O3)c2c1=O. The van der Waals surface area contributed by atoms with E-state index in [4.69, 9.17) is 14.5 Å². The third-order valence-electron chi connectivity index (χ3n) is 5.69. The molecule has 2 aliphatic rings. The van der Waals surface area contributed by atoms with E-state index in [-0.39, 0.29) is 11.7 Å². The summed E-state index contributed by atoms with van der Waals surface area (Å²) in [7, 11) is 1.65. The second kappa shape index (κ2) is 8.46. The average molecular weight is 436 g/mol. The molecule has 0 unspecified atom stereocenters. The molecule has 4 heterocycles. The predicted octanol–water partition coefficient (Wildman–Crippen LogP) is 1.35. The average Bonchev–Trinajstić information content (AvgIpc) is 3.25. The van der Waals surface area contributed by atoms with Crippen LogP contribution in [-0.4, -0.2) is 66.1 Å². The van der Waals surface area contributed by atoms with Gasteiger partial charge in [-0.3, -0.25) is 4.79 Å². The van der Waals surface area contributed by atoms with Crippen molar-refractivity contribution in [2.45, 2.75) is 6.10 Å². The standard InChI is InChI=1S/C22H24N6O4/c1-27-13-25-18-10-17(14-2-4-15(5-3-14)28-6-8-31-9-7-28)26-20(19(18)21(27)29)23-11-16-12-24-22(30)32-16/h2-5,10,13,16H,6-9,11-12H2,1H3,(H,23,26)(H,24,30)/t16-/m0/s1. The Kier molecular flexibility index (Phi) is 5.36. The van der Waals surface area contributed by atoms with Crippen LogP contribution in [0.4, 0.5) is 16.3 Å². The number of carbonyl (C=O) groups is 1. The van der Waals surface area contributed by atoms with Crippen molar-refractivity contribution < 1.29 is 14.3 Å². The van der Waals surface area contributed by atoms with Gasteiger partial charge in [0.1, 0.15) is 17.3 Å². The second-order valence-electron chi connectivity index (χ2n) is 7.85. The minimum atomic E-state index is -0.443. The van der Waals surface area contributed by atoms with Crippen LogP contribution in [0.2, 0.25) is 0 Å². The minimum Gasteiger partial charge on any atom is -0.442 e. The highest BCUT2D eigenvalue weighted by atomic mass is 16.6. The molecule has 1 aromatic carbocycles. The van der Waals surface area contributed by atoms with Gasteiger partial charge in [-0.2, -0.15) is 0 Å². The van der Waals surface area contributed by atoms with Gasteiger partial charge in [-0.15, -0.1) is 0 Å². The normalized spacial score (nSPS) is 18.5. The fourth-order valence-electron chi connectivity index (χ4n) is 3.92. The fourth-order valence-corrected chi connectivity index (χ4v) is 3.92. The van der Waals surface area contributed by atoms with Crippen LogP contribution in [0.5, 0.6) is 0 Å². The Labute approximate surface area is 184 Å². The summed E-state index contributed by atoms with van der Waals surface area (Å²) < 4.78 is 12.0. The highest BCUT2D eigenvalue weighted by molar-refractivity contribution is 5.91. The number of cyclic esters (lactones) is 1. The molecule has 2 aliphatic heterocycles. The van der Waals surface area contributed by atoms with Crippen molar-refractivity contribution in [1.29, 1.82) is 0 Å². The Morgan fingerprint density at radius 3 is 2.69 bits per heavy atom. The molecule has 0 aliphatic carbocycles. The lowest BCUT2D eigenvalue weighted by atomic mass is 10.1. The van der Waals surface area contributed by atoms with E-state index in [9.17, 15) is 9.59 Å². The number of benzene rings is 1. The number of nitrogens with one attached hydrogen (secondary N) is 2. The van der Waals surface area contributed by atoms with Crippen LogP contribution in [0.3, 0.4) is 0 Å². The minimum absolute atomic E-state index is 0.194. The number of ether oxygens (including phenoxy) is 2. The van der Waals surface area contributed by atoms with Gasteiger partial charge in [-0.05, 0) is 18.2 Å². The van der Waals surface area contributed by atoms with Gasteiger partial charge in [0, 0.05) is 31.4 Å². The van der Waals surface area contributed by atoms with E-state index in [0.717, 1.165) is 37.6 Å². The first-order valence-corrected chi connectivity index (χ1v) is 10.6. The molecular formula is C22H24N6O4. The van der Waals surface area contributed by atoms with Gasteiger partial charge in [0.05, 0.1) is 43.8 Å². The molecular weight excluding hydrogens is 412 g/mol. The Morgan fingerprint density at radius 2 is 1.97 bits per heavy atom. The number of morpholine rings is 1. The number of hydrogen-bond acceptors (Lipinski definition) is 8. The molecule has 32 heavy (non-hydrogen) atoms. The lowest BCUT2D eigenvalue weighted by Gasteiger charge is -2.28. The van der Waals surface area contributed by atoms with Gasteiger partial charge in [0.2, 0.25) is 0 Å². The Hall–Kier alpha value is -3.66. The van der Waals surface area contributed by atoms with E-state index >= 15 is 0 Å². The van der Waals surface area contributed by atoms with Gasteiger partial charge in [0.25, 0.3) is 5.56 Å². The Morgan fingerprint density at radius 1 is 1.19 bits per heavy atom. The predicted molar refractivity (Wildman–Crippen MR) is 120 cm³/mol. The lowest BCUT2D eigenvalue weighted by molar-refractivity contribution is 0.122. The van der Waals surface area contributed by atoms with Crippen LogP contribution in [0.15, 0.2) is 41.5 Å². The van der Waals surface area contributed by atoms with E-state index in [1.54, 1.807) is 7.05 Å². The second-order valence-corrected chi connectivity index (χ2v) is 7.85. The number of rotatable bonds is 5. The first-order valence-electron chi connectivity index (χ1n) is 10.6. The van der Waals surface area contributed by atoms with Crippen molar-refractivity contribution in [2.24, 2.45) is 7.05 Å². The molecule has 0 radical (unpaired) electrons. The van der Waals surface area contributed by atoms with Crippen molar-refractivity contribution in [3.05, 3.63) is 47.0 Å². The molecule has 2 aromatic heterocycles. The van der Waals surface area contributed by atoms with Crippen LogP contribution >= 0.6 is 0 Å². The number of aromatic nitrogens is 3. The third kappa shape index (κ3) is 3.96. The molecule has 0 bridgehead atoms. The van der Waals surface area contributed by atoms with Crippen molar-refractivity contribution in [1.82, 2.24) is 19.9 Å². The van der Waals surface area contributed by atoms with E-state index in [1.165, 1.54) is 10.9 Å². The molecule has 166 valence electrons. The van der Waals surface area contributed by atoms with Gasteiger partial charge >= 0.3 is 6.09 Å². The zero-order valence-corrected chi connectivity index (χ0v) is 17.7.